The van der Waals surface area contributed by atoms with Gasteiger partial charge < -0.3 is 15.5 Å². The summed E-state index contributed by atoms with van der Waals surface area (Å²) < 4.78 is 0. The van der Waals surface area contributed by atoms with Gasteiger partial charge in [0.1, 0.15) is 11.5 Å². The quantitative estimate of drug-likeness (QED) is 0.715. The molecule has 0 saturated heterocycles. The van der Waals surface area contributed by atoms with Crippen LogP contribution in [0, 0.1) is 0 Å². The summed E-state index contributed by atoms with van der Waals surface area (Å²) in [7, 11) is 0. The molecule has 3 N–H and O–H groups in total. The molecular weight excluding hydrogens is 202 g/mol. The molecule has 3 nitrogen and oxygen atoms in total. The lowest BCUT2D eigenvalue weighted by atomic mass is 9.87. The first-order valence-corrected chi connectivity index (χ1v) is 5.86. The molecule has 0 bridgehead atoms. The van der Waals surface area contributed by atoms with Gasteiger partial charge in [-0.3, -0.25) is 0 Å². The average molecular weight is 221 g/mol. The van der Waals surface area contributed by atoms with Crippen LogP contribution < -0.4 is 5.32 Å². The lowest BCUT2D eigenvalue weighted by molar-refractivity contribution is 0.402. The van der Waals surface area contributed by atoms with Gasteiger partial charge in [0, 0.05) is 18.2 Å². The summed E-state index contributed by atoms with van der Waals surface area (Å²) in [6, 6.07) is 4.12. The van der Waals surface area contributed by atoms with Gasteiger partial charge in [-0.2, -0.15) is 0 Å². The lowest BCUT2D eigenvalue weighted by Gasteiger charge is -2.27. The molecule has 0 fully saturated rings. The molecular formula is C13H19NO2. The first-order valence-electron chi connectivity index (χ1n) is 5.86. The van der Waals surface area contributed by atoms with E-state index in [0.717, 1.165) is 30.4 Å². The molecule has 0 aliphatic heterocycles. The van der Waals surface area contributed by atoms with E-state index in [1.165, 1.54) is 6.07 Å². The maximum Gasteiger partial charge on any atom is 0.122 e. The number of phenolic OH excluding ortho intramolecular Hbond substituents is 2. The van der Waals surface area contributed by atoms with Crippen molar-refractivity contribution >= 4 is 0 Å². The van der Waals surface area contributed by atoms with Crippen molar-refractivity contribution < 1.29 is 10.2 Å². The number of nitrogens with one attached hydrogen (secondary N) is 1. The third kappa shape index (κ3) is 2.30. The standard InChI is InChI=1S/C13H19NO2/c1-8(2)14-10-3-4-12-9(5-10)6-11(15)7-13(12)16/h6-8,10,14-16H,3-5H2,1-2H3. The topological polar surface area (TPSA) is 52.5 Å². The maximum atomic E-state index is 9.72. The maximum absolute atomic E-state index is 9.72. The SMILES string of the molecule is CC(C)NC1CCc2c(O)cc(O)cc2C1. The first kappa shape index (κ1) is 11.3. The van der Waals surface area contributed by atoms with Gasteiger partial charge >= 0.3 is 0 Å². The van der Waals surface area contributed by atoms with Crippen LogP contribution in [-0.2, 0) is 12.8 Å². The van der Waals surface area contributed by atoms with Gasteiger partial charge in [-0.05, 0) is 36.5 Å². The van der Waals surface area contributed by atoms with Crippen molar-refractivity contribution in [2.45, 2.75) is 45.2 Å². The van der Waals surface area contributed by atoms with Crippen molar-refractivity contribution in [1.29, 1.82) is 0 Å². The molecule has 88 valence electrons. The molecule has 0 saturated carbocycles. The fourth-order valence-corrected chi connectivity index (χ4v) is 2.47. The molecule has 2 rings (SSSR count). The second-order valence-corrected chi connectivity index (χ2v) is 4.86. The van der Waals surface area contributed by atoms with Gasteiger partial charge in [0.15, 0.2) is 0 Å². The molecule has 1 unspecified atom stereocenters. The Kier molecular flexibility index (Phi) is 3.06. The van der Waals surface area contributed by atoms with Gasteiger partial charge in [-0.15, -0.1) is 0 Å². The summed E-state index contributed by atoms with van der Waals surface area (Å²) in [5.41, 5.74) is 2.07. The highest BCUT2D eigenvalue weighted by Gasteiger charge is 2.21. The Morgan fingerprint density at radius 3 is 2.75 bits per heavy atom. The zero-order chi connectivity index (χ0) is 11.7. The van der Waals surface area contributed by atoms with Crippen molar-refractivity contribution in [3.8, 4) is 11.5 Å². The van der Waals surface area contributed by atoms with Crippen molar-refractivity contribution in [1.82, 2.24) is 5.32 Å². The Bertz CT molecular complexity index is 388. The van der Waals surface area contributed by atoms with Crippen molar-refractivity contribution in [2.75, 3.05) is 0 Å². The van der Waals surface area contributed by atoms with Crippen LogP contribution in [-0.4, -0.2) is 22.3 Å². The number of aromatic hydroxyl groups is 2. The molecule has 0 spiro atoms. The van der Waals surface area contributed by atoms with Gasteiger partial charge in [0.2, 0.25) is 0 Å². The fourth-order valence-electron chi connectivity index (χ4n) is 2.47. The van der Waals surface area contributed by atoms with Crippen molar-refractivity contribution in [3.63, 3.8) is 0 Å². The summed E-state index contributed by atoms with van der Waals surface area (Å²) in [5.74, 6) is 0.388. The highest BCUT2D eigenvalue weighted by Crippen LogP contribution is 2.32. The summed E-state index contributed by atoms with van der Waals surface area (Å²) in [5, 5.41) is 22.7. The third-order valence-electron chi connectivity index (χ3n) is 3.08. The van der Waals surface area contributed by atoms with E-state index in [-0.39, 0.29) is 11.5 Å². The van der Waals surface area contributed by atoms with Crippen LogP contribution in [0.25, 0.3) is 0 Å². The minimum absolute atomic E-state index is 0.154. The molecule has 16 heavy (non-hydrogen) atoms. The van der Waals surface area contributed by atoms with E-state index >= 15 is 0 Å². The largest absolute Gasteiger partial charge is 0.508 e. The highest BCUT2D eigenvalue weighted by atomic mass is 16.3. The van der Waals surface area contributed by atoms with Crippen LogP contribution in [0.15, 0.2) is 12.1 Å². The van der Waals surface area contributed by atoms with E-state index in [1.54, 1.807) is 6.07 Å². The molecule has 0 heterocycles. The number of benzene rings is 1. The van der Waals surface area contributed by atoms with Gasteiger partial charge in [0.05, 0.1) is 0 Å². The minimum atomic E-state index is 0.154. The van der Waals surface area contributed by atoms with Crippen molar-refractivity contribution in [3.05, 3.63) is 23.3 Å². The first-order chi connectivity index (χ1) is 7.56. The van der Waals surface area contributed by atoms with E-state index in [2.05, 4.69) is 19.2 Å². The zero-order valence-corrected chi connectivity index (χ0v) is 9.83. The predicted molar refractivity (Wildman–Crippen MR) is 63.9 cm³/mol. The number of hydrogen-bond donors (Lipinski definition) is 3. The fraction of sp³-hybridized carbons (Fsp3) is 0.538. The second-order valence-electron chi connectivity index (χ2n) is 4.86. The number of fused-ring (bicyclic) bond motifs is 1. The summed E-state index contributed by atoms with van der Waals surface area (Å²) >= 11 is 0. The normalized spacial score (nSPS) is 19.8. The van der Waals surface area contributed by atoms with Gasteiger partial charge in [0.25, 0.3) is 0 Å². The molecule has 1 aromatic rings. The van der Waals surface area contributed by atoms with Crippen LogP contribution in [0.4, 0.5) is 0 Å². The van der Waals surface area contributed by atoms with Crippen LogP contribution in [0.2, 0.25) is 0 Å². The molecule has 0 aromatic heterocycles. The Balaban J connectivity index is 2.20. The van der Waals surface area contributed by atoms with E-state index in [9.17, 15) is 10.2 Å². The van der Waals surface area contributed by atoms with Crippen LogP contribution >= 0.6 is 0 Å². The molecule has 1 aliphatic carbocycles. The molecule has 0 radical (unpaired) electrons. The number of hydrogen-bond acceptors (Lipinski definition) is 3. The summed E-state index contributed by atoms with van der Waals surface area (Å²) in [4.78, 5) is 0. The minimum Gasteiger partial charge on any atom is -0.508 e. The average Bonchev–Trinajstić information content (AvgIpc) is 2.15. The smallest absolute Gasteiger partial charge is 0.122 e. The van der Waals surface area contributed by atoms with Crippen LogP contribution in [0.5, 0.6) is 11.5 Å². The summed E-state index contributed by atoms with van der Waals surface area (Å²) in [6.45, 7) is 4.27. The van der Waals surface area contributed by atoms with E-state index < -0.39 is 0 Å². The molecule has 3 heteroatoms. The monoisotopic (exact) mass is 221 g/mol. The van der Waals surface area contributed by atoms with E-state index in [0.29, 0.717) is 12.1 Å². The van der Waals surface area contributed by atoms with Gasteiger partial charge in [-0.1, -0.05) is 13.8 Å². The molecule has 1 aliphatic rings. The van der Waals surface area contributed by atoms with Crippen molar-refractivity contribution in [2.24, 2.45) is 0 Å². The van der Waals surface area contributed by atoms with Gasteiger partial charge in [-0.25, -0.2) is 0 Å². The van der Waals surface area contributed by atoms with Crippen LogP contribution in [0.3, 0.4) is 0 Å². The number of rotatable bonds is 2. The number of phenols is 2. The zero-order valence-electron chi connectivity index (χ0n) is 9.83. The Morgan fingerprint density at radius 2 is 2.06 bits per heavy atom. The predicted octanol–water partition coefficient (Wildman–Crippen LogP) is 1.95. The molecule has 0 amide bonds. The Hall–Kier alpha value is -1.22. The second kappa shape index (κ2) is 4.34. The molecule has 1 atom stereocenters. The lowest BCUT2D eigenvalue weighted by Crippen LogP contribution is -2.38. The molecule has 1 aromatic carbocycles. The third-order valence-corrected chi connectivity index (χ3v) is 3.08. The van der Waals surface area contributed by atoms with Crippen LogP contribution in [0.1, 0.15) is 31.4 Å². The highest BCUT2D eigenvalue weighted by molar-refractivity contribution is 5.46. The Morgan fingerprint density at radius 1 is 1.31 bits per heavy atom. The van der Waals surface area contributed by atoms with E-state index in [1.807, 2.05) is 0 Å². The summed E-state index contributed by atoms with van der Waals surface area (Å²) in [6.07, 6.45) is 2.81. The Labute approximate surface area is 96.1 Å². The van der Waals surface area contributed by atoms with E-state index in [4.69, 9.17) is 0 Å².